The van der Waals surface area contributed by atoms with Gasteiger partial charge in [-0.25, -0.2) is 9.78 Å². The summed E-state index contributed by atoms with van der Waals surface area (Å²) in [4.78, 5) is 34.4. The average Bonchev–Trinajstić information content (AvgIpc) is 3.00. The second-order valence-corrected chi connectivity index (χ2v) is 9.85. The number of aromatic nitrogens is 2. The summed E-state index contributed by atoms with van der Waals surface area (Å²) in [5, 5.41) is 13.7. The van der Waals surface area contributed by atoms with Gasteiger partial charge in [-0.2, -0.15) is 4.98 Å². The highest BCUT2D eigenvalue weighted by Gasteiger charge is 2.32. The monoisotopic (exact) mass is 565 g/mol. The SMILES string of the molecule is C=CC(=O)c1c(-c2cc(Cc3cnc(N)nc3N)cc(OC)c2OC)ccc(C(=O)O)c1C1NCCc2ccccc21. The molecule has 1 atom stereocenters. The molecule has 10 heteroatoms. The van der Waals surface area contributed by atoms with E-state index >= 15 is 0 Å². The minimum absolute atomic E-state index is 0.0204. The molecule has 6 N–H and O–H groups in total. The van der Waals surface area contributed by atoms with Gasteiger partial charge in [-0.15, -0.1) is 0 Å². The molecular weight excluding hydrogens is 534 g/mol. The average molecular weight is 566 g/mol. The first kappa shape index (κ1) is 28.3. The lowest BCUT2D eigenvalue weighted by atomic mass is 9.81. The van der Waals surface area contributed by atoms with E-state index in [-0.39, 0.29) is 22.9 Å². The molecule has 2 heterocycles. The number of carboxylic acids is 1. The van der Waals surface area contributed by atoms with Gasteiger partial charge in [0, 0.05) is 35.9 Å². The van der Waals surface area contributed by atoms with E-state index in [0.717, 1.165) is 23.1 Å². The number of anilines is 2. The second-order valence-electron chi connectivity index (χ2n) is 9.85. The van der Waals surface area contributed by atoms with Crippen LogP contribution in [0.4, 0.5) is 11.8 Å². The van der Waals surface area contributed by atoms with Crippen molar-refractivity contribution in [2.24, 2.45) is 0 Å². The van der Waals surface area contributed by atoms with Crippen LogP contribution in [0, 0.1) is 0 Å². The predicted octanol–water partition coefficient (Wildman–Crippen LogP) is 4.22. The first-order chi connectivity index (χ1) is 20.3. The Morgan fingerprint density at radius 1 is 1.12 bits per heavy atom. The molecule has 10 nitrogen and oxygen atoms in total. The number of hydrogen-bond acceptors (Lipinski definition) is 9. The topological polar surface area (TPSA) is 163 Å². The fraction of sp³-hybridized carbons (Fsp3) is 0.188. The van der Waals surface area contributed by atoms with Crippen molar-refractivity contribution >= 4 is 23.5 Å². The lowest BCUT2D eigenvalue weighted by Gasteiger charge is -2.30. The van der Waals surface area contributed by atoms with Gasteiger partial charge >= 0.3 is 5.97 Å². The highest BCUT2D eigenvalue weighted by atomic mass is 16.5. The standard InChI is InChI=1S/C32H31N5O5/c1-4-24(38)26-21(9-10-22(31(39)40)27(26)28-20-8-6-5-7-18(20)11-12-35-28)23-14-17(15-25(41-2)29(23)42-3)13-19-16-36-32(34)37-30(19)33/h4-10,14-16,28,35H,1,11-13H2,2-3H3,(H,39,40)(H4,33,34,36,37). The van der Waals surface area contributed by atoms with Crippen LogP contribution in [0.2, 0.25) is 0 Å². The number of nitrogen functional groups attached to an aromatic ring is 2. The third kappa shape index (κ3) is 5.15. The molecule has 3 aromatic carbocycles. The molecule has 1 aliphatic heterocycles. The van der Waals surface area contributed by atoms with Crippen LogP contribution in [0.15, 0.2) is 67.4 Å². The molecule has 0 saturated heterocycles. The van der Waals surface area contributed by atoms with Crippen LogP contribution in [-0.2, 0) is 12.8 Å². The molecule has 0 radical (unpaired) electrons. The van der Waals surface area contributed by atoms with Crippen molar-refractivity contribution in [3.05, 3.63) is 106 Å². The van der Waals surface area contributed by atoms with Gasteiger partial charge in [0.15, 0.2) is 17.3 Å². The first-order valence-electron chi connectivity index (χ1n) is 13.3. The Hall–Kier alpha value is -5.22. The van der Waals surface area contributed by atoms with Gasteiger partial charge in [0.05, 0.1) is 25.8 Å². The fourth-order valence-electron chi connectivity index (χ4n) is 5.57. The van der Waals surface area contributed by atoms with E-state index in [4.69, 9.17) is 20.9 Å². The van der Waals surface area contributed by atoms with Gasteiger partial charge in [-0.05, 0) is 58.5 Å². The van der Waals surface area contributed by atoms with Crippen molar-refractivity contribution in [3.8, 4) is 22.6 Å². The van der Waals surface area contributed by atoms with Crippen LogP contribution in [0.3, 0.4) is 0 Å². The van der Waals surface area contributed by atoms with Crippen LogP contribution >= 0.6 is 0 Å². The van der Waals surface area contributed by atoms with Crippen molar-refractivity contribution < 1.29 is 24.2 Å². The quantitative estimate of drug-likeness (QED) is 0.171. The fourth-order valence-corrected chi connectivity index (χ4v) is 5.57. The van der Waals surface area contributed by atoms with Crippen molar-refractivity contribution in [2.45, 2.75) is 18.9 Å². The maximum Gasteiger partial charge on any atom is 0.336 e. The number of rotatable bonds is 9. The number of carbonyl (C=O) groups is 2. The lowest BCUT2D eigenvalue weighted by molar-refractivity contribution is 0.0695. The zero-order valence-corrected chi connectivity index (χ0v) is 23.3. The van der Waals surface area contributed by atoms with E-state index in [9.17, 15) is 14.7 Å². The van der Waals surface area contributed by atoms with E-state index in [2.05, 4.69) is 21.9 Å². The van der Waals surface area contributed by atoms with Gasteiger partial charge in [0.2, 0.25) is 5.95 Å². The third-order valence-electron chi connectivity index (χ3n) is 7.45. The van der Waals surface area contributed by atoms with Gasteiger partial charge in [0.25, 0.3) is 0 Å². The molecule has 0 fully saturated rings. The maximum atomic E-state index is 13.7. The number of methoxy groups -OCH3 is 2. The summed E-state index contributed by atoms with van der Waals surface area (Å²) in [5.41, 5.74) is 16.8. The minimum atomic E-state index is -1.14. The molecule has 1 unspecified atom stereocenters. The largest absolute Gasteiger partial charge is 0.493 e. The molecule has 0 amide bonds. The Balaban J connectivity index is 1.80. The minimum Gasteiger partial charge on any atom is -0.493 e. The summed E-state index contributed by atoms with van der Waals surface area (Å²) in [6.07, 6.45) is 3.88. The summed E-state index contributed by atoms with van der Waals surface area (Å²) in [7, 11) is 3.02. The lowest BCUT2D eigenvalue weighted by Crippen LogP contribution is -2.33. The number of nitrogens with zero attached hydrogens (tertiary/aromatic N) is 2. The van der Waals surface area contributed by atoms with Crippen LogP contribution in [0.5, 0.6) is 11.5 Å². The van der Waals surface area contributed by atoms with Crippen molar-refractivity contribution in [1.29, 1.82) is 0 Å². The summed E-state index contributed by atoms with van der Waals surface area (Å²) < 4.78 is 11.5. The summed E-state index contributed by atoms with van der Waals surface area (Å²) in [6.45, 7) is 4.35. The zero-order valence-electron chi connectivity index (χ0n) is 23.3. The Morgan fingerprint density at radius 3 is 2.60 bits per heavy atom. The van der Waals surface area contributed by atoms with Crippen molar-refractivity contribution in [2.75, 3.05) is 32.2 Å². The van der Waals surface area contributed by atoms with Crippen LogP contribution in [0.1, 0.15) is 54.6 Å². The molecule has 1 aliphatic rings. The number of nitrogens with one attached hydrogen (secondary N) is 1. The van der Waals surface area contributed by atoms with Gasteiger partial charge in [-0.1, -0.05) is 36.9 Å². The molecule has 0 bridgehead atoms. The Labute approximate surface area is 243 Å². The van der Waals surface area contributed by atoms with E-state index in [0.29, 0.717) is 46.7 Å². The van der Waals surface area contributed by atoms with Gasteiger partial charge in [0.1, 0.15) is 5.82 Å². The Kier molecular flexibility index (Phi) is 7.90. The third-order valence-corrected chi connectivity index (χ3v) is 7.45. The normalized spacial score (nSPS) is 14.1. The maximum absolute atomic E-state index is 13.7. The van der Waals surface area contributed by atoms with Crippen molar-refractivity contribution in [1.82, 2.24) is 15.3 Å². The summed E-state index contributed by atoms with van der Waals surface area (Å²) >= 11 is 0. The summed E-state index contributed by atoms with van der Waals surface area (Å²) in [5.74, 6) is -0.446. The number of hydrogen-bond donors (Lipinski definition) is 4. The predicted molar refractivity (Wildman–Crippen MR) is 160 cm³/mol. The number of ether oxygens (including phenoxy) is 2. The van der Waals surface area contributed by atoms with E-state index < -0.39 is 17.8 Å². The highest BCUT2D eigenvalue weighted by Crippen LogP contribution is 2.44. The smallest absolute Gasteiger partial charge is 0.336 e. The molecule has 0 aliphatic carbocycles. The zero-order chi connectivity index (χ0) is 30.0. The number of ketones is 1. The van der Waals surface area contributed by atoms with Crippen molar-refractivity contribution in [3.63, 3.8) is 0 Å². The summed E-state index contributed by atoms with van der Waals surface area (Å²) in [6, 6.07) is 14.1. The number of nitrogens with two attached hydrogens (primary N) is 2. The molecule has 0 saturated carbocycles. The number of carboxylic acid groups (broad SMARTS) is 1. The van der Waals surface area contributed by atoms with Crippen LogP contribution in [-0.4, -0.2) is 47.6 Å². The molecule has 5 rings (SSSR count). The van der Waals surface area contributed by atoms with E-state index in [1.165, 1.54) is 26.4 Å². The molecule has 0 spiro atoms. The number of aromatic carboxylic acids is 1. The first-order valence-corrected chi connectivity index (χ1v) is 13.3. The molecular formula is C32H31N5O5. The number of carbonyl (C=O) groups excluding carboxylic acids is 1. The number of fused-ring (bicyclic) bond motifs is 1. The molecule has 4 aromatic rings. The van der Waals surface area contributed by atoms with Gasteiger partial charge in [-0.3, -0.25) is 4.79 Å². The van der Waals surface area contributed by atoms with Crippen LogP contribution < -0.4 is 26.3 Å². The van der Waals surface area contributed by atoms with Gasteiger partial charge < -0.3 is 31.4 Å². The molecule has 42 heavy (non-hydrogen) atoms. The van der Waals surface area contributed by atoms with E-state index in [1.807, 2.05) is 30.3 Å². The highest BCUT2D eigenvalue weighted by molar-refractivity contribution is 6.12. The van der Waals surface area contributed by atoms with Crippen LogP contribution in [0.25, 0.3) is 11.1 Å². The number of allylic oxidation sites excluding steroid dienone is 1. The second kappa shape index (κ2) is 11.7. The Morgan fingerprint density at radius 2 is 1.90 bits per heavy atom. The molecule has 214 valence electrons. The molecule has 1 aromatic heterocycles. The Bertz CT molecular complexity index is 1720. The van der Waals surface area contributed by atoms with E-state index in [1.54, 1.807) is 18.3 Å². The number of benzene rings is 3.